The normalized spacial score (nSPS) is 10.9. The Kier molecular flexibility index (Phi) is 7.01. The van der Waals surface area contributed by atoms with Crippen LogP contribution in [-0.2, 0) is 22.6 Å². The van der Waals surface area contributed by atoms with Gasteiger partial charge in [0, 0.05) is 12.5 Å². The minimum Gasteiger partial charge on any atom is -0.487 e. The Morgan fingerprint density at radius 2 is 1.86 bits per heavy atom. The maximum Gasteiger partial charge on any atom is 0.306 e. The summed E-state index contributed by atoms with van der Waals surface area (Å²) in [5, 5.41) is 0. The molecule has 5 heteroatoms. The number of oxazole rings is 1. The van der Waals surface area contributed by atoms with Crippen LogP contribution >= 0.6 is 0 Å². The van der Waals surface area contributed by atoms with Gasteiger partial charge in [0.15, 0.2) is 0 Å². The van der Waals surface area contributed by atoms with Crippen LogP contribution in [-0.4, -0.2) is 17.6 Å². The Morgan fingerprint density at radius 1 is 1.07 bits per heavy atom. The van der Waals surface area contributed by atoms with Gasteiger partial charge in [-0.25, -0.2) is 4.98 Å². The molecule has 144 valence electrons. The highest BCUT2D eigenvalue weighted by Gasteiger charge is 2.05. The molecule has 0 atom stereocenters. The van der Waals surface area contributed by atoms with Crippen molar-refractivity contribution in [2.24, 2.45) is 0 Å². The van der Waals surface area contributed by atoms with E-state index in [9.17, 15) is 4.79 Å². The number of rotatable bonds is 9. The molecule has 1 heterocycles. The molecule has 3 aromatic rings. The van der Waals surface area contributed by atoms with Gasteiger partial charge in [-0.1, -0.05) is 42.5 Å². The van der Waals surface area contributed by atoms with Crippen LogP contribution in [0, 0.1) is 0 Å². The highest BCUT2D eigenvalue weighted by Crippen LogP contribution is 2.16. The molecule has 0 aliphatic heterocycles. The largest absolute Gasteiger partial charge is 0.487 e. The molecule has 0 unspecified atom stereocenters. The van der Waals surface area contributed by atoms with Gasteiger partial charge in [-0.05, 0) is 42.7 Å². The van der Waals surface area contributed by atoms with Gasteiger partial charge >= 0.3 is 5.97 Å². The molecule has 2 aromatic carbocycles. The molecule has 0 amide bonds. The molecule has 28 heavy (non-hydrogen) atoms. The summed E-state index contributed by atoms with van der Waals surface area (Å²) in [6.07, 6.45) is 6.41. The zero-order valence-corrected chi connectivity index (χ0v) is 15.8. The maximum atomic E-state index is 11.4. The number of carbonyl (C=O) groups is 1. The number of esters is 1. The van der Waals surface area contributed by atoms with Crippen LogP contribution in [0.5, 0.6) is 5.75 Å². The molecule has 0 N–H and O–H groups in total. The minimum atomic E-state index is -0.175. The molecule has 1 aromatic heterocycles. The van der Waals surface area contributed by atoms with Gasteiger partial charge in [-0.15, -0.1) is 0 Å². The Hall–Kier alpha value is -3.34. The first-order valence-electron chi connectivity index (χ1n) is 9.28. The Labute approximate surface area is 164 Å². The van der Waals surface area contributed by atoms with Crippen LogP contribution in [0.25, 0.3) is 12.2 Å². The first kappa shape index (κ1) is 19.4. The topological polar surface area (TPSA) is 61.6 Å². The third-order valence-corrected chi connectivity index (χ3v) is 4.02. The molecule has 0 fully saturated rings. The summed E-state index contributed by atoms with van der Waals surface area (Å²) in [7, 11) is 0. The van der Waals surface area contributed by atoms with Crippen molar-refractivity contribution in [2.45, 2.75) is 26.4 Å². The van der Waals surface area contributed by atoms with E-state index in [-0.39, 0.29) is 5.97 Å². The number of hydrogen-bond donors (Lipinski definition) is 0. The number of ether oxygens (including phenoxy) is 2. The second-order valence-corrected chi connectivity index (χ2v) is 6.16. The average molecular weight is 377 g/mol. The summed E-state index contributed by atoms with van der Waals surface area (Å²) < 4.78 is 16.1. The van der Waals surface area contributed by atoms with Gasteiger partial charge in [-0.3, -0.25) is 4.79 Å². The fraction of sp³-hybridized carbons (Fsp3) is 0.217. The van der Waals surface area contributed by atoms with E-state index in [1.165, 1.54) is 0 Å². The van der Waals surface area contributed by atoms with Gasteiger partial charge in [0.1, 0.15) is 24.3 Å². The number of hydrogen-bond acceptors (Lipinski definition) is 5. The monoisotopic (exact) mass is 377 g/mol. The summed E-state index contributed by atoms with van der Waals surface area (Å²) in [4.78, 5) is 15.8. The van der Waals surface area contributed by atoms with E-state index in [4.69, 9.17) is 13.9 Å². The quantitative estimate of drug-likeness (QED) is 0.495. The maximum absolute atomic E-state index is 11.4. The summed E-state index contributed by atoms with van der Waals surface area (Å²) in [5.74, 6) is 1.10. The smallest absolute Gasteiger partial charge is 0.306 e. The van der Waals surface area contributed by atoms with Crippen LogP contribution < -0.4 is 4.74 Å². The van der Waals surface area contributed by atoms with Gasteiger partial charge in [-0.2, -0.15) is 0 Å². The lowest BCUT2D eigenvalue weighted by atomic mass is 10.1. The number of carbonyl (C=O) groups excluding carboxylic acids is 1. The van der Waals surface area contributed by atoms with Crippen LogP contribution in [0.2, 0.25) is 0 Å². The van der Waals surface area contributed by atoms with E-state index in [1.54, 1.807) is 13.2 Å². The number of nitrogens with zero attached hydrogens (tertiary/aromatic N) is 1. The molecule has 0 spiro atoms. The molecule has 5 nitrogen and oxygen atoms in total. The molecule has 0 radical (unpaired) electrons. The van der Waals surface area contributed by atoms with E-state index < -0.39 is 0 Å². The lowest BCUT2D eigenvalue weighted by Crippen LogP contribution is -2.05. The van der Waals surface area contributed by atoms with Crippen molar-refractivity contribution in [1.82, 2.24) is 4.98 Å². The summed E-state index contributed by atoms with van der Waals surface area (Å²) in [6, 6.07) is 17.6. The SMILES string of the molecule is CCOC(=O)CCc1ccc(OCc2coc(/C=C/c3ccccc3)n2)cc1. The van der Waals surface area contributed by atoms with E-state index in [1.807, 2.05) is 66.7 Å². The molecular formula is C23H23NO4. The summed E-state index contributed by atoms with van der Waals surface area (Å²) in [5.41, 5.74) is 2.87. The van der Waals surface area contributed by atoms with Crippen molar-refractivity contribution >= 4 is 18.1 Å². The van der Waals surface area contributed by atoms with Crippen molar-refractivity contribution in [2.75, 3.05) is 6.61 Å². The highest BCUT2D eigenvalue weighted by atomic mass is 16.5. The fourth-order valence-corrected chi connectivity index (χ4v) is 2.59. The van der Waals surface area contributed by atoms with Crippen LogP contribution in [0.4, 0.5) is 0 Å². The molecule has 0 bridgehead atoms. The van der Waals surface area contributed by atoms with Crippen LogP contribution in [0.3, 0.4) is 0 Å². The van der Waals surface area contributed by atoms with E-state index >= 15 is 0 Å². The molecule has 0 aliphatic rings. The number of aromatic nitrogens is 1. The minimum absolute atomic E-state index is 0.175. The summed E-state index contributed by atoms with van der Waals surface area (Å²) in [6.45, 7) is 2.55. The molecular weight excluding hydrogens is 354 g/mol. The van der Waals surface area contributed by atoms with Gasteiger partial charge in [0.05, 0.1) is 6.61 Å². The van der Waals surface area contributed by atoms with E-state index in [0.29, 0.717) is 31.9 Å². The molecule has 0 saturated carbocycles. The lowest BCUT2D eigenvalue weighted by Gasteiger charge is -2.06. The van der Waals surface area contributed by atoms with Crippen LogP contribution in [0.15, 0.2) is 65.3 Å². The Balaban J connectivity index is 1.47. The zero-order valence-electron chi connectivity index (χ0n) is 15.8. The van der Waals surface area contributed by atoms with Crippen LogP contribution in [0.1, 0.15) is 36.1 Å². The fourth-order valence-electron chi connectivity index (χ4n) is 2.59. The van der Waals surface area contributed by atoms with Gasteiger partial charge in [0.25, 0.3) is 0 Å². The second kappa shape index (κ2) is 10.1. The molecule has 0 saturated heterocycles. The first-order valence-corrected chi connectivity index (χ1v) is 9.28. The average Bonchev–Trinajstić information content (AvgIpc) is 3.19. The summed E-state index contributed by atoms with van der Waals surface area (Å²) >= 11 is 0. The van der Waals surface area contributed by atoms with E-state index in [2.05, 4.69) is 4.98 Å². The third-order valence-electron chi connectivity index (χ3n) is 4.02. The Bertz CT molecular complexity index is 898. The zero-order chi connectivity index (χ0) is 19.6. The van der Waals surface area contributed by atoms with Crippen molar-refractivity contribution < 1.29 is 18.7 Å². The predicted octanol–water partition coefficient (Wildman–Crippen LogP) is 4.92. The molecule has 3 rings (SSSR count). The van der Waals surface area contributed by atoms with Crippen molar-refractivity contribution in [3.63, 3.8) is 0 Å². The third kappa shape index (κ3) is 6.13. The first-order chi connectivity index (χ1) is 13.7. The number of benzene rings is 2. The number of aryl methyl sites for hydroxylation is 1. The van der Waals surface area contributed by atoms with E-state index in [0.717, 1.165) is 22.6 Å². The van der Waals surface area contributed by atoms with Crippen molar-refractivity contribution in [1.29, 1.82) is 0 Å². The predicted molar refractivity (Wildman–Crippen MR) is 108 cm³/mol. The lowest BCUT2D eigenvalue weighted by molar-refractivity contribution is -0.143. The standard InChI is InChI=1S/C23H23NO4/c1-2-26-23(25)15-11-19-8-12-21(13-9-19)27-16-20-17-28-22(24-20)14-10-18-6-4-3-5-7-18/h3-10,12-14,17H,2,11,15-16H2,1H3/b14-10+. The van der Waals surface area contributed by atoms with Crippen molar-refractivity contribution in [3.8, 4) is 5.75 Å². The Morgan fingerprint density at radius 3 is 2.61 bits per heavy atom. The van der Waals surface area contributed by atoms with Crippen molar-refractivity contribution in [3.05, 3.63) is 83.6 Å². The van der Waals surface area contributed by atoms with Gasteiger partial charge in [0.2, 0.25) is 5.89 Å². The van der Waals surface area contributed by atoms with Gasteiger partial charge < -0.3 is 13.9 Å². The molecule has 0 aliphatic carbocycles. The highest BCUT2D eigenvalue weighted by molar-refractivity contribution is 5.69. The second-order valence-electron chi connectivity index (χ2n) is 6.16.